The number of halogens is 3. The number of nitrogen functional groups attached to an aromatic ring is 1. The van der Waals surface area contributed by atoms with Gasteiger partial charge in [-0.1, -0.05) is 28.4 Å². The number of nitrogens with zero attached hydrogens (tertiary/aromatic N) is 3. The van der Waals surface area contributed by atoms with Gasteiger partial charge in [0.05, 0.1) is 15.7 Å². The van der Waals surface area contributed by atoms with Crippen LogP contribution in [0.25, 0.3) is 23.0 Å². The molecule has 0 aliphatic heterocycles. The van der Waals surface area contributed by atoms with Crippen molar-refractivity contribution in [2.45, 2.75) is 0 Å². The summed E-state index contributed by atoms with van der Waals surface area (Å²) in [7, 11) is 0. The number of hydrogen-bond donors (Lipinski definition) is 1. The van der Waals surface area contributed by atoms with Crippen molar-refractivity contribution < 1.29 is 4.52 Å². The summed E-state index contributed by atoms with van der Waals surface area (Å²) in [5.41, 5.74) is 7.18. The Hall–Kier alpha value is -1.63. The molecule has 0 atom stereocenters. The van der Waals surface area contributed by atoms with Crippen LogP contribution in [-0.4, -0.2) is 15.1 Å². The third-order valence-corrected chi connectivity index (χ3v) is 3.99. The number of pyridine rings is 1. The van der Waals surface area contributed by atoms with Gasteiger partial charge in [-0.3, -0.25) is 4.98 Å². The molecular weight excluding hydrogens is 379 g/mol. The van der Waals surface area contributed by atoms with Crippen LogP contribution in [0.4, 0.5) is 5.69 Å². The van der Waals surface area contributed by atoms with Gasteiger partial charge >= 0.3 is 0 Å². The van der Waals surface area contributed by atoms with Crippen molar-refractivity contribution in [1.29, 1.82) is 0 Å². The Morgan fingerprint density at radius 3 is 2.57 bits per heavy atom. The lowest BCUT2D eigenvalue weighted by molar-refractivity contribution is 0.432. The van der Waals surface area contributed by atoms with Gasteiger partial charge < -0.3 is 10.3 Å². The number of benzene rings is 1. The highest BCUT2D eigenvalue weighted by Crippen LogP contribution is 2.33. The molecule has 1 aromatic carbocycles. The Labute approximate surface area is 138 Å². The second-order valence-corrected chi connectivity index (χ2v) is 5.78. The largest absolute Gasteiger partial charge is 0.396 e. The van der Waals surface area contributed by atoms with Crippen LogP contribution in [0.2, 0.25) is 10.0 Å². The fourth-order valence-corrected chi connectivity index (χ4v) is 2.61. The van der Waals surface area contributed by atoms with Crippen molar-refractivity contribution in [3.8, 4) is 23.0 Å². The standard InChI is InChI=1S/C13H7BrCl2N4O/c14-7-2-1-3-18-11(7)12-19-13(21-20-12)6-4-8(15)10(17)9(16)5-6/h1-5H,17H2. The summed E-state index contributed by atoms with van der Waals surface area (Å²) >= 11 is 15.4. The summed E-state index contributed by atoms with van der Waals surface area (Å²) in [6.07, 6.45) is 1.65. The van der Waals surface area contributed by atoms with Gasteiger partial charge in [-0.25, -0.2) is 0 Å². The molecule has 3 rings (SSSR count). The van der Waals surface area contributed by atoms with Crippen LogP contribution in [-0.2, 0) is 0 Å². The zero-order valence-electron chi connectivity index (χ0n) is 10.3. The number of rotatable bonds is 2. The van der Waals surface area contributed by atoms with E-state index in [-0.39, 0.29) is 5.89 Å². The molecule has 0 saturated carbocycles. The molecule has 21 heavy (non-hydrogen) atoms. The average Bonchev–Trinajstić information content (AvgIpc) is 2.94. The molecule has 8 heteroatoms. The van der Waals surface area contributed by atoms with Crippen LogP contribution < -0.4 is 5.73 Å². The Morgan fingerprint density at radius 1 is 1.19 bits per heavy atom. The lowest BCUT2D eigenvalue weighted by Crippen LogP contribution is -1.90. The maximum absolute atomic E-state index is 6.00. The molecule has 0 unspecified atom stereocenters. The molecule has 0 amide bonds. The molecule has 0 saturated heterocycles. The molecule has 5 nitrogen and oxygen atoms in total. The first kappa shape index (κ1) is 14.3. The summed E-state index contributed by atoms with van der Waals surface area (Å²) in [4.78, 5) is 8.50. The topological polar surface area (TPSA) is 77.8 Å². The fraction of sp³-hybridized carbons (Fsp3) is 0. The van der Waals surface area contributed by atoms with E-state index >= 15 is 0 Å². The zero-order chi connectivity index (χ0) is 15.0. The molecule has 106 valence electrons. The third kappa shape index (κ3) is 2.74. The Bertz CT molecular complexity index is 798. The van der Waals surface area contributed by atoms with Gasteiger partial charge in [0, 0.05) is 16.2 Å². The lowest BCUT2D eigenvalue weighted by Gasteiger charge is -2.02. The van der Waals surface area contributed by atoms with Gasteiger partial charge in [-0.2, -0.15) is 4.98 Å². The predicted octanol–water partition coefficient (Wildman–Crippen LogP) is 4.45. The maximum atomic E-state index is 6.00. The van der Waals surface area contributed by atoms with Crippen molar-refractivity contribution in [1.82, 2.24) is 15.1 Å². The smallest absolute Gasteiger partial charge is 0.258 e. The molecule has 2 N–H and O–H groups in total. The second-order valence-electron chi connectivity index (χ2n) is 4.11. The van der Waals surface area contributed by atoms with Crippen LogP contribution in [0.5, 0.6) is 0 Å². The molecule has 2 heterocycles. The van der Waals surface area contributed by atoms with Gasteiger partial charge in [0.1, 0.15) is 5.69 Å². The van der Waals surface area contributed by atoms with Crippen LogP contribution in [0, 0.1) is 0 Å². The van der Waals surface area contributed by atoms with Gasteiger partial charge in [-0.05, 0) is 40.2 Å². The highest BCUT2D eigenvalue weighted by molar-refractivity contribution is 9.10. The molecule has 0 radical (unpaired) electrons. The maximum Gasteiger partial charge on any atom is 0.258 e. The highest BCUT2D eigenvalue weighted by Gasteiger charge is 2.16. The number of hydrogen-bond acceptors (Lipinski definition) is 5. The van der Waals surface area contributed by atoms with Crippen molar-refractivity contribution in [3.05, 3.63) is 45.0 Å². The monoisotopic (exact) mass is 384 g/mol. The van der Waals surface area contributed by atoms with E-state index in [4.69, 9.17) is 33.5 Å². The number of nitrogens with two attached hydrogens (primary N) is 1. The minimum Gasteiger partial charge on any atom is -0.396 e. The molecular formula is C13H7BrCl2N4O. The Balaban J connectivity index is 2.05. The minimum atomic E-state index is 0.284. The summed E-state index contributed by atoms with van der Waals surface area (Å²) in [6, 6.07) is 6.88. The van der Waals surface area contributed by atoms with Crippen LogP contribution >= 0.6 is 39.1 Å². The van der Waals surface area contributed by atoms with E-state index in [9.17, 15) is 0 Å². The molecule has 0 bridgehead atoms. The molecule has 3 aromatic rings. The van der Waals surface area contributed by atoms with Gasteiger partial charge in [-0.15, -0.1) is 0 Å². The summed E-state index contributed by atoms with van der Waals surface area (Å²) in [6.45, 7) is 0. The van der Waals surface area contributed by atoms with Gasteiger partial charge in [0.15, 0.2) is 0 Å². The van der Waals surface area contributed by atoms with Gasteiger partial charge in [0.25, 0.3) is 5.89 Å². The van der Waals surface area contributed by atoms with Crippen LogP contribution in [0.3, 0.4) is 0 Å². The molecule has 2 aromatic heterocycles. The van der Waals surface area contributed by atoms with Crippen molar-refractivity contribution in [3.63, 3.8) is 0 Å². The minimum absolute atomic E-state index is 0.284. The summed E-state index contributed by atoms with van der Waals surface area (Å²) < 4.78 is 6.00. The van der Waals surface area contributed by atoms with E-state index in [2.05, 4.69) is 31.1 Å². The number of anilines is 1. The Kier molecular flexibility index (Phi) is 3.84. The second kappa shape index (κ2) is 5.63. The molecule has 0 aliphatic carbocycles. The van der Waals surface area contributed by atoms with Crippen molar-refractivity contribution in [2.75, 3.05) is 5.73 Å². The summed E-state index contributed by atoms with van der Waals surface area (Å²) in [5, 5.41) is 4.57. The predicted molar refractivity (Wildman–Crippen MR) is 85.1 cm³/mol. The van der Waals surface area contributed by atoms with Crippen LogP contribution in [0.1, 0.15) is 0 Å². The zero-order valence-corrected chi connectivity index (χ0v) is 13.4. The molecule has 0 aliphatic rings. The summed E-state index contributed by atoms with van der Waals surface area (Å²) in [5.74, 6) is 0.646. The number of aromatic nitrogens is 3. The first-order valence-corrected chi connectivity index (χ1v) is 7.30. The van der Waals surface area contributed by atoms with Gasteiger partial charge in [0.2, 0.25) is 5.82 Å². The van der Waals surface area contributed by atoms with E-state index in [0.717, 1.165) is 4.47 Å². The fourth-order valence-electron chi connectivity index (χ4n) is 1.69. The quantitative estimate of drug-likeness (QED) is 0.659. The van der Waals surface area contributed by atoms with Crippen molar-refractivity contribution in [2.24, 2.45) is 0 Å². The molecule has 0 fully saturated rings. The SMILES string of the molecule is Nc1c(Cl)cc(-c2nc(-c3ncccc3Br)no2)cc1Cl. The molecule has 0 spiro atoms. The lowest BCUT2D eigenvalue weighted by atomic mass is 10.2. The van der Waals surface area contributed by atoms with E-state index in [1.807, 2.05) is 6.07 Å². The first-order chi connectivity index (χ1) is 10.1. The normalized spacial score (nSPS) is 10.8. The van der Waals surface area contributed by atoms with E-state index in [0.29, 0.717) is 32.8 Å². The first-order valence-electron chi connectivity index (χ1n) is 5.75. The van der Waals surface area contributed by atoms with E-state index < -0.39 is 0 Å². The van der Waals surface area contributed by atoms with E-state index in [1.165, 1.54) is 0 Å². The van der Waals surface area contributed by atoms with E-state index in [1.54, 1.807) is 24.4 Å². The highest BCUT2D eigenvalue weighted by atomic mass is 79.9. The van der Waals surface area contributed by atoms with Crippen LogP contribution in [0.15, 0.2) is 39.5 Å². The Morgan fingerprint density at radius 2 is 1.90 bits per heavy atom. The average molecular weight is 386 g/mol. The van der Waals surface area contributed by atoms with Crippen molar-refractivity contribution >= 4 is 44.8 Å². The third-order valence-electron chi connectivity index (χ3n) is 2.72.